The van der Waals surface area contributed by atoms with Crippen LogP contribution in [0, 0.1) is 17.8 Å². The SMILES string of the molecule is [Cl-].[NH3+]C[C@@H]1[C@@H]2CC[C@@H](C2)[C@@H]1c1ccc(Cl)c(Cl)c1. The molecule has 0 amide bonds. The summed E-state index contributed by atoms with van der Waals surface area (Å²) in [4.78, 5) is 0. The molecule has 1 nitrogen and oxygen atoms in total. The first-order chi connectivity index (χ1) is 8.20. The van der Waals surface area contributed by atoms with E-state index in [2.05, 4.69) is 17.9 Å². The lowest BCUT2D eigenvalue weighted by molar-refractivity contribution is -0.382. The van der Waals surface area contributed by atoms with E-state index in [1.807, 2.05) is 6.07 Å². The van der Waals surface area contributed by atoms with Gasteiger partial charge in [-0.15, -0.1) is 0 Å². The van der Waals surface area contributed by atoms with E-state index in [0.29, 0.717) is 16.0 Å². The Morgan fingerprint density at radius 2 is 1.83 bits per heavy atom. The molecule has 0 spiro atoms. The molecule has 3 N–H and O–H groups in total. The first-order valence-corrected chi connectivity index (χ1v) is 7.20. The van der Waals surface area contributed by atoms with Crippen LogP contribution in [0.15, 0.2) is 18.2 Å². The van der Waals surface area contributed by atoms with Crippen molar-refractivity contribution in [1.29, 1.82) is 0 Å². The molecule has 0 aromatic heterocycles. The smallest absolute Gasteiger partial charge is 0.0777 e. The first kappa shape index (κ1) is 14.5. The van der Waals surface area contributed by atoms with E-state index in [9.17, 15) is 0 Å². The van der Waals surface area contributed by atoms with Gasteiger partial charge < -0.3 is 18.1 Å². The topological polar surface area (TPSA) is 27.6 Å². The van der Waals surface area contributed by atoms with Crippen LogP contribution in [0.1, 0.15) is 30.7 Å². The predicted molar refractivity (Wildman–Crippen MR) is 71.3 cm³/mol. The third-order valence-corrected chi connectivity index (χ3v) is 5.49. The highest BCUT2D eigenvalue weighted by molar-refractivity contribution is 6.42. The molecule has 4 atom stereocenters. The highest BCUT2D eigenvalue weighted by Gasteiger charge is 2.48. The molecule has 2 aliphatic rings. The molecule has 2 aliphatic carbocycles. The van der Waals surface area contributed by atoms with Crippen LogP contribution in [0.3, 0.4) is 0 Å². The second-order valence-corrected chi connectivity index (χ2v) is 6.30. The van der Waals surface area contributed by atoms with Crippen molar-refractivity contribution in [2.75, 3.05) is 6.54 Å². The van der Waals surface area contributed by atoms with Gasteiger partial charge in [-0.25, -0.2) is 0 Å². The molecule has 1 aromatic rings. The summed E-state index contributed by atoms with van der Waals surface area (Å²) in [5.41, 5.74) is 5.52. The summed E-state index contributed by atoms with van der Waals surface area (Å²) < 4.78 is 0. The second-order valence-electron chi connectivity index (χ2n) is 5.49. The Morgan fingerprint density at radius 1 is 1.11 bits per heavy atom. The molecule has 2 saturated carbocycles. The molecular formula is C14H18Cl3N. The van der Waals surface area contributed by atoms with E-state index in [1.165, 1.54) is 24.8 Å². The van der Waals surface area contributed by atoms with E-state index in [-0.39, 0.29) is 12.4 Å². The molecule has 4 heteroatoms. The third kappa shape index (κ3) is 2.27. The number of hydrogen-bond donors (Lipinski definition) is 1. The van der Waals surface area contributed by atoms with Crippen molar-refractivity contribution in [3.05, 3.63) is 33.8 Å². The second kappa shape index (κ2) is 5.58. The lowest BCUT2D eigenvalue weighted by Gasteiger charge is -2.29. The summed E-state index contributed by atoms with van der Waals surface area (Å²) in [6, 6.07) is 6.16. The fourth-order valence-corrected chi connectivity index (χ4v) is 4.37. The monoisotopic (exact) mass is 305 g/mol. The maximum atomic E-state index is 6.14. The van der Waals surface area contributed by atoms with Gasteiger partial charge in [-0.05, 0) is 54.7 Å². The standard InChI is InChI=1S/C14H17Cl2N.ClH/c15-12-4-3-10(6-13(12)16)14-9-2-1-8(5-9)11(14)7-17;/h3-4,6,8-9,11,14H,1-2,5,7,17H2;1H/t8-,9+,11-,14-;/m1./s1. The fourth-order valence-electron chi connectivity index (χ4n) is 4.06. The van der Waals surface area contributed by atoms with Crippen LogP contribution in [0.2, 0.25) is 10.0 Å². The van der Waals surface area contributed by atoms with E-state index >= 15 is 0 Å². The van der Waals surface area contributed by atoms with Gasteiger partial charge in [0, 0.05) is 5.92 Å². The van der Waals surface area contributed by atoms with Crippen molar-refractivity contribution in [2.24, 2.45) is 17.8 Å². The number of halogens is 3. The van der Waals surface area contributed by atoms with Gasteiger partial charge in [0.05, 0.1) is 16.6 Å². The van der Waals surface area contributed by atoms with Gasteiger partial charge in [-0.3, -0.25) is 0 Å². The van der Waals surface area contributed by atoms with Crippen molar-refractivity contribution >= 4 is 23.2 Å². The number of benzene rings is 1. The average Bonchev–Trinajstić information content (AvgIpc) is 2.92. The highest BCUT2D eigenvalue weighted by Crippen LogP contribution is 2.56. The van der Waals surface area contributed by atoms with Crippen LogP contribution in [0.25, 0.3) is 0 Å². The van der Waals surface area contributed by atoms with Crippen LogP contribution < -0.4 is 18.1 Å². The largest absolute Gasteiger partial charge is 1.00 e. The van der Waals surface area contributed by atoms with E-state index in [4.69, 9.17) is 23.2 Å². The van der Waals surface area contributed by atoms with Gasteiger partial charge in [-0.2, -0.15) is 0 Å². The van der Waals surface area contributed by atoms with E-state index < -0.39 is 0 Å². The number of hydrogen-bond acceptors (Lipinski definition) is 0. The lowest BCUT2D eigenvalue weighted by atomic mass is 9.75. The highest BCUT2D eigenvalue weighted by atomic mass is 35.5. The summed E-state index contributed by atoms with van der Waals surface area (Å²) in [5.74, 6) is 3.17. The van der Waals surface area contributed by atoms with Crippen molar-refractivity contribution < 1.29 is 18.1 Å². The van der Waals surface area contributed by atoms with Crippen LogP contribution in [0.4, 0.5) is 0 Å². The van der Waals surface area contributed by atoms with Crippen molar-refractivity contribution in [3.63, 3.8) is 0 Å². The van der Waals surface area contributed by atoms with Crippen molar-refractivity contribution in [3.8, 4) is 0 Å². The maximum absolute atomic E-state index is 6.14. The summed E-state index contributed by atoms with van der Waals surface area (Å²) in [6.07, 6.45) is 4.18. The predicted octanol–water partition coefficient (Wildman–Crippen LogP) is 0.369. The Bertz CT molecular complexity index is 435. The van der Waals surface area contributed by atoms with Crippen LogP contribution in [-0.4, -0.2) is 6.54 Å². The first-order valence-electron chi connectivity index (χ1n) is 6.45. The van der Waals surface area contributed by atoms with Crippen molar-refractivity contribution in [2.45, 2.75) is 25.2 Å². The Balaban J connectivity index is 0.00000120. The Morgan fingerprint density at radius 3 is 2.50 bits per heavy atom. The van der Waals surface area contributed by atoms with Gasteiger partial charge in [0.2, 0.25) is 0 Å². The van der Waals surface area contributed by atoms with Gasteiger partial charge in [0.15, 0.2) is 0 Å². The lowest BCUT2D eigenvalue weighted by Crippen LogP contribution is -3.00. The number of fused-ring (bicyclic) bond motifs is 2. The zero-order valence-corrected chi connectivity index (χ0v) is 12.5. The zero-order chi connectivity index (χ0) is 12.0. The minimum absolute atomic E-state index is 0. The van der Waals surface area contributed by atoms with Gasteiger partial charge in [0.25, 0.3) is 0 Å². The molecule has 18 heavy (non-hydrogen) atoms. The molecule has 1 aromatic carbocycles. The van der Waals surface area contributed by atoms with E-state index in [0.717, 1.165) is 24.3 Å². The average molecular weight is 307 g/mol. The number of quaternary nitrogens is 1. The minimum atomic E-state index is 0. The summed E-state index contributed by atoms with van der Waals surface area (Å²) in [5, 5.41) is 1.35. The summed E-state index contributed by atoms with van der Waals surface area (Å²) >= 11 is 12.1. The van der Waals surface area contributed by atoms with Crippen LogP contribution in [0.5, 0.6) is 0 Å². The van der Waals surface area contributed by atoms with Gasteiger partial charge in [0.1, 0.15) is 0 Å². The quantitative estimate of drug-likeness (QED) is 0.818. The normalized spacial score (nSPS) is 33.5. The number of rotatable bonds is 2. The molecule has 0 radical (unpaired) electrons. The molecule has 2 fully saturated rings. The molecule has 0 aliphatic heterocycles. The van der Waals surface area contributed by atoms with Crippen LogP contribution >= 0.6 is 23.2 Å². The zero-order valence-electron chi connectivity index (χ0n) is 10.2. The van der Waals surface area contributed by atoms with Crippen molar-refractivity contribution in [1.82, 2.24) is 0 Å². The third-order valence-electron chi connectivity index (χ3n) is 4.75. The summed E-state index contributed by atoms with van der Waals surface area (Å²) in [6.45, 7) is 1.05. The molecule has 100 valence electrons. The molecule has 3 rings (SSSR count). The summed E-state index contributed by atoms with van der Waals surface area (Å²) in [7, 11) is 0. The minimum Gasteiger partial charge on any atom is -1.00 e. The van der Waals surface area contributed by atoms with E-state index in [1.54, 1.807) is 0 Å². The molecular weight excluding hydrogens is 289 g/mol. The van der Waals surface area contributed by atoms with Gasteiger partial charge in [-0.1, -0.05) is 29.3 Å². The van der Waals surface area contributed by atoms with Crippen LogP contribution in [-0.2, 0) is 0 Å². The molecule has 2 bridgehead atoms. The molecule has 0 saturated heterocycles. The van der Waals surface area contributed by atoms with Gasteiger partial charge >= 0.3 is 0 Å². The Kier molecular flexibility index (Phi) is 4.48. The molecule has 0 unspecified atom stereocenters. The maximum Gasteiger partial charge on any atom is 0.0777 e. The Labute approximate surface area is 124 Å². The molecule has 0 heterocycles. The Hall–Kier alpha value is 0.0500. The fraction of sp³-hybridized carbons (Fsp3) is 0.571.